The smallest absolute Gasteiger partial charge is 0.342 e. The Kier molecular flexibility index (Phi) is 6.11. The van der Waals surface area contributed by atoms with Crippen LogP contribution in [0, 0.1) is 0 Å². The predicted octanol–water partition coefficient (Wildman–Crippen LogP) is 5.61. The maximum Gasteiger partial charge on any atom is 0.342 e. The van der Waals surface area contributed by atoms with Crippen LogP contribution < -0.4 is 0 Å². The van der Waals surface area contributed by atoms with Crippen LogP contribution in [0.5, 0.6) is 5.75 Å². The Balaban J connectivity index is 2.41. The zero-order valence-electron chi connectivity index (χ0n) is 15.5. The molecule has 0 unspecified atom stereocenters. The van der Waals surface area contributed by atoms with Gasteiger partial charge in [-0.05, 0) is 47.0 Å². The summed E-state index contributed by atoms with van der Waals surface area (Å²) >= 11 is 11.9. The number of benzene rings is 3. The van der Waals surface area contributed by atoms with Gasteiger partial charge in [-0.15, -0.1) is 0 Å². The summed E-state index contributed by atoms with van der Waals surface area (Å²) in [4.78, 5) is 25.1. The maximum atomic E-state index is 12.6. The summed E-state index contributed by atoms with van der Waals surface area (Å²) in [5.74, 6) is -2.04. The molecule has 3 aromatic rings. The number of hydrogen-bond donors (Lipinski definition) is 1. The fraction of sp³-hybridized carbons (Fsp3) is 0.0909. The first-order valence-corrected chi connectivity index (χ1v) is 9.21. The van der Waals surface area contributed by atoms with Crippen LogP contribution in [-0.4, -0.2) is 31.3 Å². The molecule has 3 aromatic carbocycles. The Morgan fingerprint density at radius 3 is 1.59 bits per heavy atom. The van der Waals surface area contributed by atoms with Crippen LogP contribution in [-0.2, 0) is 9.47 Å². The molecule has 29 heavy (non-hydrogen) atoms. The highest BCUT2D eigenvalue weighted by atomic mass is 35.5. The molecule has 0 amide bonds. The summed E-state index contributed by atoms with van der Waals surface area (Å²) in [5.41, 5.74) is 1.55. The average Bonchev–Trinajstić information content (AvgIpc) is 2.73. The zero-order chi connectivity index (χ0) is 21.1. The third-order valence-corrected chi connectivity index (χ3v) is 4.89. The maximum absolute atomic E-state index is 12.6. The molecule has 0 atom stereocenters. The highest BCUT2D eigenvalue weighted by molar-refractivity contribution is 6.31. The van der Waals surface area contributed by atoms with Crippen molar-refractivity contribution in [2.24, 2.45) is 0 Å². The highest BCUT2D eigenvalue weighted by Gasteiger charge is 2.29. The molecule has 0 aliphatic heterocycles. The third kappa shape index (κ3) is 4.06. The largest absolute Gasteiger partial charge is 0.506 e. The number of carbonyl (C=O) groups is 2. The van der Waals surface area contributed by atoms with Gasteiger partial charge in [0, 0.05) is 15.6 Å². The van der Waals surface area contributed by atoms with E-state index in [2.05, 4.69) is 0 Å². The number of phenolic OH excluding ortho intramolecular Hbond substituents is 1. The van der Waals surface area contributed by atoms with Crippen LogP contribution in [0.3, 0.4) is 0 Å². The van der Waals surface area contributed by atoms with E-state index in [0.29, 0.717) is 32.3 Å². The molecule has 0 fully saturated rings. The van der Waals surface area contributed by atoms with Crippen molar-refractivity contribution in [2.45, 2.75) is 0 Å². The van der Waals surface area contributed by atoms with E-state index in [-0.39, 0.29) is 11.1 Å². The summed E-state index contributed by atoms with van der Waals surface area (Å²) in [6, 6.07) is 15.0. The van der Waals surface area contributed by atoms with E-state index in [1.807, 2.05) is 0 Å². The summed E-state index contributed by atoms with van der Waals surface area (Å²) < 4.78 is 9.70. The first-order chi connectivity index (χ1) is 13.9. The fourth-order valence-corrected chi connectivity index (χ4v) is 3.25. The number of ether oxygens (including phenoxy) is 2. The molecular formula is C22H16Cl2O5. The fourth-order valence-electron chi connectivity index (χ4n) is 2.99. The first-order valence-electron chi connectivity index (χ1n) is 8.45. The summed E-state index contributed by atoms with van der Waals surface area (Å²) in [6.07, 6.45) is 0. The molecule has 0 saturated carbocycles. The van der Waals surface area contributed by atoms with E-state index in [4.69, 9.17) is 32.7 Å². The number of aromatic hydroxyl groups is 1. The van der Waals surface area contributed by atoms with Gasteiger partial charge in [0.2, 0.25) is 0 Å². The summed E-state index contributed by atoms with van der Waals surface area (Å²) in [6.45, 7) is 0. The number of carbonyl (C=O) groups excluding carboxylic acids is 2. The number of halogens is 2. The lowest BCUT2D eigenvalue weighted by atomic mass is 9.89. The van der Waals surface area contributed by atoms with Gasteiger partial charge in [-0.3, -0.25) is 0 Å². The number of phenols is 1. The highest BCUT2D eigenvalue weighted by Crippen LogP contribution is 2.41. The molecule has 7 heteroatoms. The van der Waals surface area contributed by atoms with Gasteiger partial charge in [0.1, 0.15) is 11.3 Å². The summed E-state index contributed by atoms with van der Waals surface area (Å²) in [7, 11) is 2.36. The lowest BCUT2D eigenvalue weighted by molar-refractivity contribution is 0.0553. The summed E-state index contributed by atoms with van der Waals surface area (Å²) in [5, 5.41) is 11.9. The monoisotopic (exact) mass is 430 g/mol. The van der Waals surface area contributed by atoms with Gasteiger partial charge in [-0.2, -0.15) is 0 Å². The van der Waals surface area contributed by atoms with Gasteiger partial charge in [-0.1, -0.05) is 47.5 Å². The zero-order valence-corrected chi connectivity index (χ0v) is 17.0. The average molecular weight is 431 g/mol. The molecule has 5 nitrogen and oxygen atoms in total. The topological polar surface area (TPSA) is 72.8 Å². The van der Waals surface area contributed by atoms with E-state index < -0.39 is 17.7 Å². The van der Waals surface area contributed by atoms with Crippen molar-refractivity contribution >= 4 is 35.1 Å². The second-order valence-electron chi connectivity index (χ2n) is 6.07. The molecule has 0 bridgehead atoms. The normalized spacial score (nSPS) is 10.5. The molecule has 0 saturated heterocycles. The quantitative estimate of drug-likeness (QED) is 0.544. The van der Waals surface area contributed by atoms with Gasteiger partial charge in [-0.25, -0.2) is 9.59 Å². The van der Waals surface area contributed by atoms with Crippen LogP contribution in [0.25, 0.3) is 22.3 Å². The van der Waals surface area contributed by atoms with Gasteiger partial charge in [0.05, 0.1) is 19.8 Å². The van der Waals surface area contributed by atoms with Gasteiger partial charge in [0.15, 0.2) is 0 Å². The SMILES string of the molecule is COC(=O)c1c(-c2ccc(Cl)cc2)cc(-c2ccc(Cl)cc2)c(O)c1C(=O)OC. The molecule has 0 radical (unpaired) electrons. The Labute approximate surface area is 177 Å². The molecular weight excluding hydrogens is 415 g/mol. The molecule has 3 rings (SSSR count). The van der Waals surface area contributed by atoms with Crippen LogP contribution in [0.4, 0.5) is 0 Å². The van der Waals surface area contributed by atoms with Crippen LogP contribution >= 0.6 is 23.2 Å². The van der Waals surface area contributed by atoms with Crippen molar-refractivity contribution < 1.29 is 24.2 Å². The molecule has 0 aliphatic carbocycles. The van der Waals surface area contributed by atoms with Crippen molar-refractivity contribution in [3.05, 3.63) is 75.8 Å². The van der Waals surface area contributed by atoms with Crippen LogP contribution in [0.15, 0.2) is 54.6 Å². The van der Waals surface area contributed by atoms with E-state index >= 15 is 0 Å². The van der Waals surface area contributed by atoms with E-state index in [0.717, 1.165) is 0 Å². The number of hydrogen-bond acceptors (Lipinski definition) is 5. The number of esters is 2. The van der Waals surface area contributed by atoms with Crippen LogP contribution in [0.1, 0.15) is 20.7 Å². The Morgan fingerprint density at radius 2 is 1.14 bits per heavy atom. The van der Waals surface area contributed by atoms with Gasteiger partial charge >= 0.3 is 11.9 Å². The number of rotatable bonds is 4. The Hall–Kier alpha value is -3.02. The minimum absolute atomic E-state index is 0.100. The minimum atomic E-state index is -0.867. The van der Waals surface area contributed by atoms with E-state index in [9.17, 15) is 14.7 Å². The Bertz CT molecular complexity index is 1070. The number of methoxy groups -OCH3 is 2. The van der Waals surface area contributed by atoms with Crippen molar-refractivity contribution in [2.75, 3.05) is 14.2 Å². The molecule has 1 N–H and O–H groups in total. The predicted molar refractivity (Wildman–Crippen MR) is 112 cm³/mol. The van der Waals surface area contributed by atoms with E-state index in [1.54, 1.807) is 54.6 Å². The lowest BCUT2D eigenvalue weighted by Crippen LogP contribution is -2.14. The van der Waals surface area contributed by atoms with Crippen molar-refractivity contribution in [1.29, 1.82) is 0 Å². The van der Waals surface area contributed by atoms with Crippen LogP contribution in [0.2, 0.25) is 10.0 Å². The molecule has 0 aliphatic rings. The van der Waals surface area contributed by atoms with Crippen molar-refractivity contribution in [3.63, 3.8) is 0 Å². The lowest BCUT2D eigenvalue weighted by Gasteiger charge is -2.17. The van der Waals surface area contributed by atoms with Crippen molar-refractivity contribution in [3.8, 4) is 28.0 Å². The van der Waals surface area contributed by atoms with Gasteiger partial charge in [0.25, 0.3) is 0 Å². The minimum Gasteiger partial charge on any atom is -0.506 e. The third-order valence-electron chi connectivity index (χ3n) is 4.39. The Morgan fingerprint density at radius 1 is 0.724 bits per heavy atom. The van der Waals surface area contributed by atoms with Crippen molar-refractivity contribution in [1.82, 2.24) is 0 Å². The second-order valence-corrected chi connectivity index (χ2v) is 6.94. The van der Waals surface area contributed by atoms with Gasteiger partial charge < -0.3 is 14.6 Å². The molecule has 148 valence electrons. The molecule has 0 aromatic heterocycles. The standard InChI is InChI=1S/C22H16Cl2O5/c1-28-21(26)18-16(12-3-7-14(23)8-4-12)11-17(13-5-9-15(24)10-6-13)20(25)19(18)22(27)29-2/h3-11,25H,1-2H3. The first kappa shape index (κ1) is 20.7. The molecule has 0 spiro atoms. The van der Waals surface area contributed by atoms with E-state index in [1.165, 1.54) is 14.2 Å². The molecule has 0 heterocycles. The second kappa shape index (κ2) is 8.55.